The number of nitrogens with zero attached hydrogens (tertiary/aromatic N) is 1. The fourth-order valence-corrected chi connectivity index (χ4v) is 2.83. The van der Waals surface area contributed by atoms with Crippen molar-refractivity contribution in [3.63, 3.8) is 0 Å². The Morgan fingerprint density at radius 1 is 1.35 bits per heavy atom. The second-order valence-electron chi connectivity index (χ2n) is 4.74. The highest BCUT2D eigenvalue weighted by molar-refractivity contribution is 14.1. The number of rotatable bonds is 2. The van der Waals surface area contributed by atoms with E-state index in [1.807, 2.05) is 7.05 Å². The van der Waals surface area contributed by atoms with Gasteiger partial charge < -0.3 is 10.0 Å². The molecular formula is C13H16INO2. The second-order valence-corrected chi connectivity index (χ2v) is 5.99. The van der Waals surface area contributed by atoms with Gasteiger partial charge in [-0.25, -0.2) is 0 Å². The molecule has 1 aromatic rings. The van der Waals surface area contributed by atoms with Crippen LogP contribution in [0, 0.1) is 9.49 Å². The van der Waals surface area contributed by atoms with Crippen molar-refractivity contribution in [3.05, 3.63) is 33.4 Å². The first kappa shape index (κ1) is 12.8. The number of piperidine rings is 1. The lowest BCUT2D eigenvalue weighted by atomic mass is 9.85. The van der Waals surface area contributed by atoms with Crippen LogP contribution in [0.4, 0.5) is 0 Å². The number of likely N-dealkylation sites (N-methyl/N-ethyl adjacent to an activating group) is 1. The van der Waals surface area contributed by atoms with Gasteiger partial charge in [-0.05, 0) is 59.7 Å². The standard InChI is InChI=1S/C13H16INO2/c1-15-7-10(6-11(8-15)13(16)17)9-2-4-12(14)5-3-9/h2-5,10-11H,6-8H2,1H3,(H,16,17). The molecule has 2 unspecified atom stereocenters. The van der Waals surface area contributed by atoms with Crippen LogP contribution < -0.4 is 0 Å². The van der Waals surface area contributed by atoms with Crippen molar-refractivity contribution in [2.75, 3.05) is 20.1 Å². The maximum Gasteiger partial charge on any atom is 0.307 e. The summed E-state index contributed by atoms with van der Waals surface area (Å²) >= 11 is 2.28. The van der Waals surface area contributed by atoms with Gasteiger partial charge in [0.2, 0.25) is 0 Å². The third-order valence-electron chi connectivity index (χ3n) is 3.32. The second kappa shape index (κ2) is 5.35. The Morgan fingerprint density at radius 3 is 2.59 bits per heavy atom. The van der Waals surface area contributed by atoms with E-state index in [-0.39, 0.29) is 5.92 Å². The van der Waals surface area contributed by atoms with Crippen molar-refractivity contribution < 1.29 is 9.90 Å². The van der Waals surface area contributed by atoms with Crippen molar-refractivity contribution in [3.8, 4) is 0 Å². The highest BCUT2D eigenvalue weighted by Gasteiger charge is 2.30. The molecule has 1 heterocycles. The van der Waals surface area contributed by atoms with E-state index in [0.717, 1.165) is 13.0 Å². The third-order valence-corrected chi connectivity index (χ3v) is 4.04. The summed E-state index contributed by atoms with van der Waals surface area (Å²) < 4.78 is 1.21. The Morgan fingerprint density at radius 2 is 2.00 bits per heavy atom. The van der Waals surface area contributed by atoms with E-state index in [4.69, 9.17) is 5.11 Å². The van der Waals surface area contributed by atoms with Crippen molar-refractivity contribution in [2.24, 2.45) is 5.92 Å². The molecule has 1 fully saturated rings. The van der Waals surface area contributed by atoms with Crippen molar-refractivity contribution in [1.29, 1.82) is 0 Å². The Bertz CT molecular complexity index is 404. The predicted octanol–water partition coefficient (Wildman–Crippen LogP) is 2.41. The molecule has 92 valence electrons. The third kappa shape index (κ3) is 3.19. The van der Waals surface area contributed by atoms with Gasteiger partial charge in [0.25, 0.3) is 0 Å². The molecule has 1 saturated heterocycles. The molecule has 0 amide bonds. The van der Waals surface area contributed by atoms with Crippen LogP contribution in [0.5, 0.6) is 0 Å². The highest BCUT2D eigenvalue weighted by Crippen LogP contribution is 2.30. The molecule has 0 spiro atoms. The molecule has 2 rings (SSSR count). The van der Waals surface area contributed by atoms with E-state index >= 15 is 0 Å². The molecule has 1 aromatic carbocycles. The number of aliphatic carboxylic acids is 1. The molecule has 4 heteroatoms. The molecule has 0 aromatic heterocycles. The number of hydrogen-bond acceptors (Lipinski definition) is 2. The fourth-order valence-electron chi connectivity index (χ4n) is 2.47. The van der Waals surface area contributed by atoms with Gasteiger partial charge in [-0.2, -0.15) is 0 Å². The molecule has 2 atom stereocenters. The zero-order valence-electron chi connectivity index (χ0n) is 9.77. The van der Waals surface area contributed by atoms with Crippen molar-refractivity contribution >= 4 is 28.6 Å². The summed E-state index contributed by atoms with van der Waals surface area (Å²) in [6.07, 6.45) is 0.750. The highest BCUT2D eigenvalue weighted by atomic mass is 127. The predicted molar refractivity (Wildman–Crippen MR) is 75.1 cm³/mol. The quantitative estimate of drug-likeness (QED) is 0.837. The van der Waals surface area contributed by atoms with E-state index in [0.29, 0.717) is 12.5 Å². The lowest BCUT2D eigenvalue weighted by Crippen LogP contribution is -2.40. The minimum absolute atomic E-state index is 0.238. The van der Waals surface area contributed by atoms with Gasteiger partial charge in [0, 0.05) is 16.7 Å². The van der Waals surface area contributed by atoms with Gasteiger partial charge >= 0.3 is 5.97 Å². The Kier molecular flexibility index (Phi) is 4.04. The van der Waals surface area contributed by atoms with Crippen LogP contribution in [0.25, 0.3) is 0 Å². The van der Waals surface area contributed by atoms with Gasteiger partial charge in [-0.3, -0.25) is 4.79 Å². The molecule has 0 saturated carbocycles. The van der Waals surface area contributed by atoms with Crippen LogP contribution in [0.3, 0.4) is 0 Å². The summed E-state index contributed by atoms with van der Waals surface area (Å²) in [7, 11) is 1.99. The number of carboxylic acids is 1. The first-order valence-electron chi connectivity index (χ1n) is 5.73. The van der Waals surface area contributed by atoms with E-state index in [2.05, 4.69) is 51.8 Å². The molecule has 0 radical (unpaired) electrons. The molecule has 17 heavy (non-hydrogen) atoms. The summed E-state index contributed by atoms with van der Waals surface area (Å²) in [5.41, 5.74) is 1.25. The molecule has 1 aliphatic heterocycles. The minimum Gasteiger partial charge on any atom is -0.481 e. The number of hydrogen-bond donors (Lipinski definition) is 1. The van der Waals surface area contributed by atoms with Crippen molar-refractivity contribution in [2.45, 2.75) is 12.3 Å². The Labute approximate surface area is 115 Å². The zero-order valence-corrected chi connectivity index (χ0v) is 11.9. The molecule has 1 N–H and O–H groups in total. The molecular weight excluding hydrogens is 329 g/mol. The van der Waals surface area contributed by atoms with Crippen molar-refractivity contribution in [1.82, 2.24) is 4.90 Å². The fraction of sp³-hybridized carbons (Fsp3) is 0.462. The van der Waals surface area contributed by atoms with E-state index in [1.165, 1.54) is 9.13 Å². The van der Waals surface area contributed by atoms with Crippen LogP contribution in [-0.4, -0.2) is 36.1 Å². The maximum atomic E-state index is 11.1. The number of halogens is 1. The van der Waals surface area contributed by atoms with E-state index in [1.54, 1.807) is 0 Å². The molecule has 0 bridgehead atoms. The molecule has 0 aliphatic carbocycles. The number of benzene rings is 1. The largest absolute Gasteiger partial charge is 0.481 e. The van der Waals surface area contributed by atoms with Crippen LogP contribution >= 0.6 is 22.6 Å². The van der Waals surface area contributed by atoms with Crippen LogP contribution in [-0.2, 0) is 4.79 Å². The van der Waals surface area contributed by atoms with Gasteiger partial charge in [-0.1, -0.05) is 12.1 Å². The Balaban J connectivity index is 2.15. The number of carboxylic acid groups (broad SMARTS) is 1. The topological polar surface area (TPSA) is 40.5 Å². The minimum atomic E-state index is -0.674. The summed E-state index contributed by atoms with van der Waals surface area (Å²) in [6.45, 7) is 1.61. The van der Waals surface area contributed by atoms with Crippen LogP contribution in [0.15, 0.2) is 24.3 Å². The molecule has 3 nitrogen and oxygen atoms in total. The van der Waals surface area contributed by atoms with Crippen LogP contribution in [0.2, 0.25) is 0 Å². The van der Waals surface area contributed by atoms with E-state index in [9.17, 15) is 4.79 Å². The zero-order chi connectivity index (χ0) is 12.4. The first-order chi connectivity index (χ1) is 8.06. The first-order valence-corrected chi connectivity index (χ1v) is 6.81. The lowest BCUT2D eigenvalue weighted by molar-refractivity contribution is -0.143. The molecule has 1 aliphatic rings. The van der Waals surface area contributed by atoms with Gasteiger partial charge in [0.1, 0.15) is 0 Å². The number of likely N-dealkylation sites (tertiary alicyclic amines) is 1. The summed E-state index contributed by atoms with van der Waals surface area (Å²) in [5, 5.41) is 9.14. The summed E-state index contributed by atoms with van der Waals surface area (Å²) in [4.78, 5) is 13.2. The van der Waals surface area contributed by atoms with Gasteiger partial charge in [-0.15, -0.1) is 0 Å². The summed E-state index contributed by atoms with van der Waals surface area (Å²) in [6, 6.07) is 8.40. The smallest absolute Gasteiger partial charge is 0.307 e. The Hall–Kier alpha value is -0.620. The normalized spacial score (nSPS) is 25.8. The van der Waals surface area contributed by atoms with Crippen LogP contribution in [0.1, 0.15) is 17.9 Å². The maximum absolute atomic E-state index is 11.1. The lowest BCUT2D eigenvalue weighted by Gasteiger charge is -2.34. The average Bonchev–Trinajstić information content (AvgIpc) is 2.29. The monoisotopic (exact) mass is 345 g/mol. The SMILES string of the molecule is CN1CC(C(=O)O)CC(c2ccc(I)cc2)C1. The van der Waals surface area contributed by atoms with Gasteiger partial charge in [0.15, 0.2) is 0 Å². The summed E-state index contributed by atoms with van der Waals surface area (Å²) in [5.74, 6) is -0.572. The van der Waals surface area contributed by atoms with E-state index < -0.39 is 5.97 Å². The van der Waals surface area contributed by atoms with Gasteiger partial charge in [0.05, 0.1) is 5.92 Å². The average molecular weight is 345 g/mol. The number of carbonyl (C=O) groups is 1.